The Morgan fingerprint density at radius 3 is 3.00 bits per heavy atom. The molecule has 88 valence electrons. The maximum atomic E-state index is 11.6. The summed E-state index contributed by atoms with van der Waals surface area (Å²) in [5.74, 6) is -0.514. The van der Waals surface area contributed by atoms with E-state index in [-0.39, 0.29) is 12.3 Å². The maximum Gasteiger partial charge on any atom is 0.359 e. The van der Waals surface area contributed by atoms with Crippen LogP contribution in [0.2, 0.25) is 0 Å². The van der Waals surface area contributed by atoms with E-state index in [2.05, 4.69) is 25.9 Å². The molecule has 0 aliphatic heterocycles. The summed E-state index contributed by atoms with van der Waals surface area (Å²) in [6, 6.07) is 3.38. The van der Waals surface area contributed by atoms with Gasteiger partial charge in [0.05, 0.1) is 17.8 Å². The van der Waals surface area contributed by atoms with E-state index in [1.165, 1.54) is 0 Å². The highest BCUT2D eigenvalue weighted by atomic mass is 79.9. The van der Waals surface area contributed by atoms with Crippen LogP contribution in [0.5, 0.6) is 0 Å². The molecule has 0 aliphatic rings. The number of aromatic nitrogens is 2. The van der Waals surface area contributed by atoms with Crippen molar-refractivity contribution in [2.45, 2.75) is 6.92 Å². The van der Waals surface area contributed by atoms with E-state index < -0.39 is 5.97 Å². The van der Waals surface area contributed by atoms with Crippen molar-refractivity contribution in [3.63, 3.8) is 0 Å². The number of rotatable bonds is 2. The first-order valence-electron chi connectivity index (χ1n) is 5.00. The van der Waals surface area contributed by atoms with Gasteiger partial charge in [0.15, 0.2) is 5.69 Å². The number of hydrogen-bond acceptors (Lipinski definition) is 5. The van der Waals surface area contributed by atoms with Gasteiger partial charge in [-0.25, -0.2) is 14.8 Å². The van der Waals surface area contributed by atoms with Crippen molar-refractivity contribution in [1.29, 1.82) is 0 Å². The summed E-state index contributed by atoms with van der Waals surface area (Å²) in [6.07, 6.45) is 1.64. The molecule has 6 heteroatoms. The van der Waals surface area contributed by atoms with Gasteiger partial charge in [0.25, 0.3) is 0 Å². The van der Waals surface area contributed by atoms with Gasteiger partial charge in [0, 0.05) is 11.6 Å². The van der Waals surface area contributed by atoms with Crippen LogP contribution in [0.4, 0.5) is 5.69 Å². The van der Waals surface area contributed by atoms with Crippen LogP contribution in [0.3, 0.4) is 0 Å². The number of halogens is 1. The van der Waals surface area contributed by atoms with Gasteiger partial charge < -0.3 is 10.5 Å². The summed E-state index contributed by atoms with van der Waals surface area (Å²) >= 11 is 3.24. The molecule has 0 saturated heterocycles. The number of pyridine rings is 2. The Balaban J connectivity index is 2.57. The summed E-state index contributed by atoms with van der Waals surface area (Å²) in [4.78, 5) is 19.9. The minimum Gasteiger partial charge on any atom is -0.461 e. The minimum absolute atomic E-state index is 0.137. The van der Waals surface area contributed by atoms with E-state index in [1.807, 2.05) is 0 Å². The molecule has 2 rings (SSSR count). The van der Waals surface area contributed by atoms with Crippen molar-refractivity contribution >= 4 is 38.5 Å². The third-order valence-corrected chi connectivity index (χ3v) is 2.60. The van der Waals surface area contributed by atoms with Crippen LogP contribution < -0.4 is 5.73 Å². The number of carbonyl (C=O) groups excluding carboxylic acids is 1. The average Bonchev–Trinajstić information content (AvgIpc) is 2.29. The van der Waals surface area contributed by atoms with Crippen molar-refractivity contribution in [1.82, 2.24) is 9.97 Å². The second kappa shape index (κ2) is 4.67. The molecule has 0 spiro atoms. The highest BCUT2D eigenvalue weighted by Crippen LogP contribution is 2.20. The van der Waals surface area contributed by atoms with Crippen LogP contribution in [-0.4, -0.2) is 22.5 Å². The fourth-order valence-electron chi connectivity index (χ4n) is 1.42. The van der Waals surface area contributed by atoms with E-state index in [4.69, 9.17) is 10.5 Å². The Bertz CT molecular complexity index is 586. The van der Waals surface area contributed by atoms with Crippen LogP contribution >= 0.6 is 15.9 Å². The van der Waals surface area contributed by atoms with Crippen molar-refractivity contribution < 1.29 is 9.53 Å². The maximum absolute atomic E-state index is 11.6. The third-order valence-electron chi connectivity index (χ3n) is 2.16. The van der Waals surface area contributed by atoms with Gasteiger partial charge in [-0.1, -0.05) is 0 Å². The van der Waals surface area contributed by atoms with Gasteiger partial charge in [-0.15, -0.1) is 0 Å². The van der Waals surface area contributed by atoms with Crippen LogP contribution in [0.1, 0.15) is 17.4 Å². The van der Waals surface area contributed by atoms with Crippen molar-refractivity contribution in [3.05, 3.63) is 28.6 Å². The molecule has 0 aliphatic carbocycles. The molecule has 2 aromatic heterocycles. The summed E-state index contributed by atoms with van der Waals surface area (Å²) in [7, 11) is 0. The Kier molecular flexibility index (Phi) is 3.23. The predicted octanol–water partition coefficient (Wildman–Crippen LogP) is 2.15. The molecule has 0 radical (unpaired) electrons. The number of nitrogen functional groups attached to an aromatic ring is 1. The Labute approximate surface area is 106 Å². The summed E-state index contributed by atoms with van der Waals surface area (Å²) < 4.78 is 5.53. The zero-order valence-corrected chi connectivity index (χ0v) is 10.7. The number of esters is 1. The quantitative estimate of drug-likeness (QED) is 0.678. The van der Waals surface area contributed by atoms with Gasteiger partial charge in [-0.2, -0.15) is 0 Å². The zero-order chi connectivity index (χ0) is 12.4. The topological polar surface area (TPSA) is 78.1 Å². The van der Waals surface area contributed by atoms with Crippen LogP contribution in [-0.2, 0) is 4.74 Å². The van der Waals surface area contributed by atoms with E-state index in [0.29, 0.717) is 15.8 Å². The van der Waals surface area contributed by atoms with Gasteiger partial charge in [-0.05, 0) is 35.0 Å². The second-order valence-electron chi connectivity index (χ2n) is 3.35. The Morgan fingerprint density at radius 1 is 1.53 bits per heavy atom. The molecule has 0 bridgehead atoms. The fraction of sp³-hybridized carbons (Fsp3) is 0.182. The van der Waals surface area contributed by atoms with Crippen molar-refractivity contribution in [3.8, 4) is 0 Å². The van der Waals surface area contributed by atoms with Crippen LogP contribution in [0.25, 0.3) is 10.9 Å². The molecule has 2 heterocycles. The standard InChI is InChI=1S/C11H10BrN3O2/c1-2-17-11(16)10-7(13)3-6-5-14-9(12)4-8(6)15-10/h3-5H,2,13H2,1H3. The van der Waals surface area contributed by atoms with Gasteiger partial charge in [-0.3, -0.25) is 0 Å². The number of ether oxygens (including phenoxy) is 1. The number of hydrogen-bond donors (Lipinski definition) is 1. The summed E-state index contributed by atoms with van der Waals surface area (Å²) in [5, 5.41) is 0.777. The number of fused-ring (bicyclic) bond motifs is 1. The van der Waals surface area contributed by atoms with E-state index in [1.54, 1.807) is 25.3 Å². The lowest BCUT2D eigenvalue weighted by atomic mass is 10.2. The molecule has 0 saturated carbocycles. The first-order chi connectivity index (χ1) is 8.11. The molecular weight excluding hydrogens is 286 g/mol. The molecule has 0 unspecified atom stereocenters. The average molecular weight is 296 g/mol. The third kappa shape index (κ3) is 2.36. The molecular formula is C11H10BrN3O2. The first-order valence-corrected chi connectivity index (χ1v) is 5.80. The normalized spacial score (nSPS) is 10.5. The van der Waals surface area contributed by atoms with Gasteiger partial charge in [0.2, 0.25) is 0 Å². The lowest BCUT2D eigenvalue weighted by molar-refractivity contribution is 0.0521. The van der Waals surface area contributed by atoms with E-state index in [0.717, 1.165) is 5.39 Å². The Morgan fingerprint density at radius 2 is 2.29 bits per heavy atom. The molecule has 0 fully saturated rings. The number of carbonyl (C=O) groups is 1. The smallest absolute Gasteiger partial charge is 0.359 e. The summed E-state index contributed by atoms with van der Waals surface area (Å²) in [5.41, 5.74) is 6.82. The van der Waals surface area contributed by atoms with Crippen molar-refractivity contribution in [2.24, 2.45) is 0 Å². The van der Waals surface area contributed by atoms with E-state index >= 15 is 0 Å². The second-order valence-corrected chi connectivity index (χ2v) is 4.16. The lowest BCUT2D eigenvalue weighted by Gasteiger charge is -2.06. The highest BCUT2D eigenvalue weighted by molar-refractivity contribution is 9.10. The fourth-order valence-corrected chi connectivity index (χ4v) is 1.74. The summed E-state index contributed by atoms with van der Waals surface area (Å²) in [6.45, 7) is 2.02. The highest BCUT2D eigenvalue weighted by Gasteiger charge is 2.14. The minimum atomic E-state index is -0.514. The van der Waals surface area contributed by atoms with Crippen LogP contribution in [0, 0.1) is 0 Å². The lowest BCUT2D eigenvalue weighted by Crippen LogP contribution is -2.10. The van der Waals surface area contributed by atoms with Gasteiger partial charge in [0.1, 0.15) is 4.60 Å². The molecule has 2 N–H and O–H groups in total. The number of nitrogens with two attached hydrogens (primary N) is 1. The van der Waals surface area contributed by atoms with Crippen molar-refractivity contribution in [2.75, 3.05) is 12.3 Å². The molecule has 2 aromatic rings. The SMILES string of the molecule is CCOC(=O)c1nc2cc(Br)ncc2cc1N. The van der Waals surface area contributed by atoms with E-state index in [9.17, 15) is 4.79 Å². The molecule has 17 heavy (non-hydrogen) atoms. The first kappa shape index (κ1) is 11.8. The molecule has 5 nitrogen and oxygen atoms in total. The Hall–Kier alpha value is -1.69. The zero-order valence-electron chi connectivity index (χ0n) is 9.11. The molecule has 0 aromatic carbocycles. The van der Waals surface area contributed by atoms with Gasteiger partial charge >= 0.3 is 5.97 Å². The number of anilines is 1. The molecule has 0 amide bonds. The predicted molar refractivity (Wildman–Crippen MR) is 67.6 cm³/mol. The van der Waals surface area contributed by atoms with Crippen LogP contribution in [0.15, 0.2) is 22.9 Å². The monoisotopic (exact) mass is 295 g/mol. The largest absolute Gasteiger partial charge is 0.461 e. The molecule has 0 atom stereocenters. The number of nitrogens with zero attached hydrogens (tertiary/aromatic N) is 2.